The Kier molecular flexibility index (Phi) is 3.69. The van der Waals surface area contributed by atoms with Crippen molar-refractivity contribution in [2.75, 3.05) is 16.9 Å². The summed E-state index contributed by atoms with van der Waals surface area (Å²) in [6.07, 6.45) is 0.925. The molecule has 0 spiro atoms. The van der Waals surface area contributed by atoms with Gasteiger partial charge in [0.05, 0.1) is 11.4 Å². The SMILES string of the molecule is CC(=O)Nc1ccc(C2=NN(c3ccccc3)CC2)cc1. The molecule has 0 aromatic heterocycles. The van der Waals surface area contributed by atoms with E-state index in [2.05, 4.69) is 22.6 Å². The first kappa shape index (κ1) is 13.4. The molecule has 4 nitrogen and oxygen atoms in total. The second kappa shape index (κ2) is 5.79. The molecule has 4 heteroatoms. The number of nitrogens with zero attached hydrogens (tertiary/aromatic N) is 2. The van der Waals surface area contributed by atoms with Crippen molar-refractivity contribution in [3.63, 3.8) is 0 Å². The van der Waals surface area contributed by atoms with Gasteiger partial charge in [0.2, 0.25) is 5.91 Å². The first-order chi connectivity index (χ1) is 10.2. The van der Waals surface area contributed by atoms with E-state index in [9.17, 15) is 4.79 Å². The van der Waals surface area contributed by atoms with Gasteiger partial charge in [-0.2, -0.15) is 5.10 Å². The van der Waals surface area contributed by atoms with Gasteiger partial charge in [0.15, 0.2) is 0 Å². The van der Waals surface area contributed by atoms with E-state index in [1.165, 1.54) is 6.92 Å². The molecule has 0 bridgehead atoms. The summed E-state index contributed by atoms with van der Waals surface area (Å²) >= 11 is 0. The first-order valence-corrected chi connectivity index (χ1v) is 7.00. The summed E-state index contributed by atoms with van der Waals surface area (Å²) < 4.78 is 0. The highest BCUT2D eigenvalue weighted by Gasteiger charge is 2.16. The zero-order chi connectivity index (χ0) is 14.7. The Balaban J connectivity index is 1.77. The number of para-hydroxylation sites is 1. The zero-order valence-corrected chi connectivity index (χ0v) is 11.9. The summed E-state index contributed by atoms with van der Waals surface area (Å²) in [6.45, 7) is 2.40. The predicted molar refractivity (Wildman–Crippen MR) is 85.7 cm³/mol. The Labute approximate surface area is 124 Å². The molecule has 2 aromatic rings. The third-order valence-electron chi connectivity index (χ3n) is 3.39. The lowest BCUT2D eigenvalue weighted by molar-refractivity contribution is -0.114. The van der Waals surface area contributed by atoms with Gasteiger partial charge in [-0.25, -0.2) is 0 Å². The van der Waals surface area contributed by atoms with Crippen LogP contribution in [0.25, 0.3) is 0 Å². The lowest BCUT2D eigenvalue weighted by atomic mass is 10.1. The molecule has 0 saturated carbocycles. The molecule has 3 rings (SSSR count). The molecule has 0 unspecified atom stereocenters. The summed E-state index contributed by atoms with van der Waals surface area (Å²) in [7, 11) is 0. The Bertz CT molecular complexity index is 662. The number of amides is 1. The minimum absolute atomic E-state index is 0.0591. The average molecular weight is 279 g/mol. The molecule has 0 saturated heterocycles. The number of hydrazone groups is 1. The fourth-order valence-corrected chi connectivity index (χ4v) is 2.40. The normalized spacial score (nSPS) is 14.0. The van der Waals surface area contributed by atoms with Crippen molar-refractivity contribution in [3.05, 3.63) is 60.2 Å². The first-order valence-electron chi connectivity index (χ1n) is 7.00. The van der Waals surface area contributed by atoms with E-state index in [0.717, 1.165) is 35.6 Å². The van der Waals surface area contributed by atoms with Gasteiger partial charge >= 0.3 is 0 Å². The molecule has 0 atom stereocenters. The minimum Gasteiger partial charge on any atom is -0.326 e. The number of carbonyl (C=O) groups excluding carboxylic acids is 1. The molecule has 106 valence electrons. The van der Waals surface area contributed by atoms with Crippen molar-refractivity contribution < 1.29 is 4.79 Å². The molecule has 21 heavy (non-hydrogen) atoms. The Hall–Kier alpha value is -2.62. The van der Waals surface area contributed by atoms with E-state index < -0.39 is 0 Å². The van der Waals surface area contributed by atoms with E-state index in [4.69, 9.17) is 0 Å². The van der Waals surface area contributed by atoms with Crippen molar-refractivity contribution >= 4 is 23.0 Å². The summed E-state index contributed by atoms with van der Waals surface area (Å²) in [4.78, 5) is 11.0. The van der Waals surface area contributed by atoms with Crippen molar-refractivity contribution in [2.24, 2.45) is 5.10 Å². The number of anilines is 2. The predicted octanol–water partition coefficient (Wildman–Crippen LogP) is 3.26. The number of benzene rings is 2. The number of hydrogen-bond acceptors (Lipinski definition) is 3. The van der Waals surface area contributed by atoms with E-state index in [1.807, 2.05) is 47.5 Å². The van der Waals surface area contributed by atoms with E-state index in [1.54, 1.807) is 0 Å². The minimum atomic E-state index is -0.0591. The molecule has 1 aliphatic rings. The van der Waals surface area contributed by atoms with Crippen molar-refractivity contribution in [2.45, 2.75) is 13.3 Å². The lowest BCUT2D eigenvalue weighted by Crippen LogP contribution is -2.11. The highest BCUT2D eigenvalue weighted by molar-refractivity contribution is 6.03. The third kappa shape index (κ3) is 3.11. The van der Waals surface area contributed by atoms with Gasteiger partial charge in [-0.1, -0.05) is 30.3 Å². The molecular formula is C17H17N3O. The van der Waals surface area contributed by atoms with Crippen LogP contribution in [0, 0.1) is 0 Å². The van der Waals surface area contributed by atoms with Gasteiger partial charge in [0.1, 0.15) is 0 Å². The van der Waals surface area contributed by atoms with Crippen LogP contribution in [0.15, 0.2) is 59.7 Å². The fourth-order valence-electron chi connectivity index (χ4n) is 2.40. The Morgan fingerprint density at radius 2 is 1.81 bits per heavy atom. The molecular weight excluding hydrogens is 262 g/mol. The van der Waals surface area contributed by atoms with E-state index >= 15 is 0 Å². The highest BCUT2D eigenvalue weighted by atomic mass is 16.1. The highest BCUT2D eigenvalue weighted by Crippen LogP contribution is 2.22. The summed E-state index contributed by atoms with van der Waals surface area (Å²) in [5, 5.41) is 9.47. The van der Waals surface area contributed by atoms with Gasteiger partial charge in [0, 0.05) is 25.6 Å². The van der Waals surface area contributed by atoms with Gasteiger partial charge in [0.25, 0.3) is 0 Å². The molecule has 0 radical (unpaired) electrons. The van der Waals surface area contributed by atoms with Gasteiger partial charge in [-0.15, -0.1) is 0 Å². The van der Waals surface area contributed by atoms with Crippen LogP contribution in [0.2, 0.25) is 0 Å². The van der Waals surface area contributed by atoms with Crippen LogP contribution in [0.3, 0.4) is 0 Å². The maximum Gasteiger partial charge on any atom is 0.221 e. The van der Waals surface area contributed by atoms with Crippen LogP contribution in [0.5, 0.6) is 0 Å². The van der Waals surface area contributed by atoms with Crippen LogP contribution in [-0.4, -0.2) is 18.2 Å². The van der Waals surface area contributed by atoms with E-state index in [-0.39, 0.29) is 5.91 Å². The quantitative estimate of drug-likeness (QED) is 0.937. The van der Waals surface area contributed by atoms with Crippen molar-refractivity contribution in [1.82, 2.24) is 0 Å². The largest absolute Gasteiger partial charge is 0.326 e. The number of carbonyl (C=O) groups is 1. The Morgan fingerprint density at radius 1 is 1.10 bits per heavy atom. The smallest absolute Gasteiger partial charge is 0.221 e. The second-order valence-electron chi connectivity index (χ2n) is 5.01. The van der Waals surface area contributed by atoms with E-state index in [0.29, 0.717) is 0 Å². The Morgan fingerprint density at radius 3 is 2.48 bits per heavy atom. The molecule has 1 heterocycles. The van der Waals surface area contributed by atoms with Crippen LogP contribution in [0.1, 0.15) is 18.9 Å². The van der Waals surface area contributed by atoms with Gasteiger partial charge in [-0.05, 0) is 29.8 Å². The zero-order valence-electron chi connectivity index (χ0n) is 11.9. The molecule has 1 amide bonds. The average Bonchev–Trinajstić information content (AvgIpc) is 2.98. The van der Waals surface area contributed by atoms with Crippen molar-refractivity contribution in [1.29, 1.82) is 0 Å². The van der Waals surface area contributed by atoms with Crippen LogP contribution in [-0.2, 0) is 4.79 Å². The van der Waals surface area contributed by atoms with Gasteiger partial charge < -0.3 is 5.32 Å². The molecule has 2 aromatic carbocycles. The maximum absolute atomic E-state index is 11.0. The summed E-state index contributed by atoms with van der Waals surface area (Å²) in [6, 6.07) is 18.0. The lowest BCUT2D eigenvalue weighted by Gasteiger charge is -2.12. The molecule has 1 aliphatic heterocycles. The molecule has 1 N–H and O–H groups in total. The van der Waals surface area contributed by atoms with Crippen LogP contribution < -0.4 is 10.3 Å². The number of nitrogens with one attached hydrogen (secondary N) is 1. The topological polar surface area (TPSA) is 44.7 Å². The third-order valence-corrected chi connectivity index (χ3v) is 3.39. The molecule has 0 aliphatic carbocycles. The summed E-state index contributed by atoms with van der Waals surface area (Å²) in [5.74, 6) is -0.0591. The number of rotatable bonds is 3. The number of hydrogen-bond donors (Lipinski definition) is 1. The standard InChI is InChI=1S/C17H17N3O/c1-13(21)18-15-9-7-14(8-10-15)17-11-12-20(19-17)16-5-3-2-4-6-16/h2-10H,11-12H2,1H3,(H,18,21). The summed E-state index contributed by atoms with van der Waals surface area (Å²) in [5.41, 5.74) is 4.10. The van der Waals surface area contributed by atoms with Crippen LogP contribution >= 0.6 is 0 Å². The van der Waals surface area contributed by atoms with Crippen molar-refractivity contribution in [3.8, 4) is 0 Å². The van der Waals surface area contributed by atoms with Gasteiger partial charge in [-0.3, -0.25) is 9.80 Å². The fraction of sp³-hybridized carbons (Fsp3) is 0.176. The second-order valence-corrected chi connectivity index (χ2v) is 5.01. The monoisotopic (exact) mass is 279 g/mol. The maximum atomic E-state index is 11.0. The van der Waals surface area contributed by atoms with Crippen LogP contribution in [0.4, 0.5) is 11.4 Å². The molecule has 0 fully saturated rings.